The molecule has 2 amide bonds. The number of nitrogens with zero attached hydrogens (tertiary/aromatic N) is 2. The van der Waals surface area contributed by atoms with Crippen molar-refractivity contribution >= 4 is 12.0 Å². The molecule has 1 aromatic rings. The van der Waals surface area contributed by atoms with Gasteiger partial charge in [0.05, 0.1) is 31.6 Å². The maximum Gasteiger partial charge on any atom is 0.416 e. The fraction of sp³-hybridized carbons (Fsp3) is 0.774. The van der Waals surface area contributed by atoms with Gasteiger partial charge in [0, 0.05) is 25.6 Å². The maximum absolute atomic E-state index is 12.4. The highest BCUT2D eigenvalue weighted by Gasteiger charge is 2.28. The molecule has 38 heavy (non-hydrogen) atoms. The zero-order valence-electron chi connectivity index (χ0n) is 24.0. The van der Waals surface area contributed by atoms with Gasteiger partial charge < -0.3 is 14.2 Å². The number of hydrogen-bond acceptors (Lipinski definition) is 6. The molecule has 0 N–H and O–H groups in total. The normalized spacial score (nSPS) is 17.0. The molecule has 0 aliphatic carbocycles. The standard InChI is InChI=1S/C31H52N2O5/c1-3-4-5-6-7-8-9-10-11-12-13-14-15-18-21-36-24-28-22-30(37-25-28)26-38-31(35)33(27(2)34)23-29-19-16-17-20-32-29/h16-17,19-20,28,30H,3-15,18,21-26H2,1-2H3/t28-,30-/m1/s1. The Hall–Kier alpha value is -1.99. The lowest BCUT2D eigenvalue weighted by Crippen LogP contribution is -2.36. The average Bonchev–Trinajstić information content (AvgIpc) is 3.38. The summed E-state index contributed by atoms with van der Waals surface area (Å²) in [6.45, 7) is 5.96. The molecule has 0 aromatic carbocycles. The smallest absolute Gasteiger partial charge is 0.416 e. The number of imide groups is 1. The first-order valence-corrected chi connectivity index (χ1v) is 15.1. The van der Waals surface area contributed by atoms with Gasteiger partial charge in [0.1, 0.15) is 6.61 Å². The number of rotatable bonds is 21. The molecule has 7 heteroatoms. The van der Waals surface area contributed by atoms with Crippen LogP contribution in [0.1, 0.15) is 116 Å². The van der Waals surface area contributed by atoms with Gasteiger partial charge in [-0.1, -0.05) is 96.5 Å². The molecule has 1 fully saturated rings. The summed E-state index contributed by atoms with van der Waals surface area (Å²) in [5.41, 5.74) is 0.632. The van der Waals surface area contributed by atoms with E-state index in [-0.39, 0.29) is 25.2 Å². The first-order chi connectivity index (χ1) is 18.6. The lowest BCUT2D eigenvalue weighted by atomic mass is 10.0. The molecule has 0 radical (unpaired) electrons. The van der Waals surface area contributed by atoms with Crippen molar-refractivity contribution in [3.8, 4) is 0 Å². The summed E-state index contributed by atoms with van der Waals surface area (Å²) in [6.07, 6.45) is 20.6. The molecule has 0 spiro atoms. The topological polar surface area (TPSA) is 78.0 Å². The molecular formula is C31H52N2O5. The molecule has 2 rings (SSSR count). The van der Waals surface area contributed by atoms with Crippen LogP contribution in [0.4, 0.5) is 4.79 Å². The second-order valence-corrected chi connectivity index (χ2v) is 10.7. The van der Waals surface area contributed by atoms with Crippen LogP contribution in [0.25, 0.3) is 0 Å². The molecular weight excluding hydrogens is 480 g/mol. The minimum Gasteiger partial charge on any atom is -0.446 e. The molecule has 2 atom stereocenters. The van der Waals surface area contributed by atoms with Crippen molar-refractivity contribution in [3.63, 3.8) is 0 Å². The summed E-state index contributed by atoms with van der Waals surface area (Å²) in [4.78, 5) is 29.6. The minimum atomic E-state index is -0.663. The number of hydrogen-bond donors (Lipinski definition) is 0. The van der Waals surface area contributed by atoms with Crippen LogP contribution in [0.15, 0.2) is 24.4 Å². The Balaban J connectivity index is 1.41. The van der Waals surface area contributed by atoms with E-state index < -0.39 is 6.09 Å². The van der Waals surface area contributed by atoms with E-state index in [1.165, 1.54) is 90.4 Å². The number of unbranched alkanes of at least 4 members (excludes halogenated alkanes) is 13. The van der Waals surface area contributed by atoms with Crippen molar-refractivity contribution in [2.75, 3.05) is 26.4 Å². The minimum absolute atomic E-state index is 0.0935. The van der Waals surface area contributed by atoms with E-state index in [9.17, 15) is 9.59 Å². The van der Waals surface area contributed by atoms with Crippen LogP contribution in [0.5, 0.6) is 0 Å². The van der Waals surface area contributed by atoms with Crippen molar-refractivity contribution in [2.45, 2.75) is 123 Å². The number of ether oxygens (including phenoxy) is 3. The van der Waals surface area contributed by atoms with E-state index in [2.05, 4.69) is 11.9 Å². The summed E-state index contributed by atoms with van der Waals surface area (Å²) in [7, 11) is 0. The fourth-order valence-electron chi connectivity index (χ4n) is 4.86. The van der Waals surface area contributed by atoms with E-state index in [1.54, 1.807) is 18.3 Å². The van der Waals surface area contributed by atoms with Crippen LogP contribution in [0.3, 0.4) is 0 Å². The third-order valence-electron chi connectivity index (χ3n) is 7.20. The van der Waals surface area contributed by atoms with Crippen molar-refractivity contribution in [2.24, 2.45) is 5.92 Å². The van der Waals surface area contributed by atoms with Gasteiger partial charge in [0.15, 0.2) is 0 Å². The third-order valence-corrected chi connectivity index (χ3v) is 7.20. The zero-order chi connectivity index (χ0) is 27.3. The molecule has 0 unspecified atom stereocenters. The Morgan fingerprint density at radius 2 is 1.55 bits per heavy atom. The van der Waals surface area contributed by atoms with Gasteiger partial charge in [-0.15, -0.1) is 0 Å². The SMILES string of the molecule is CCCCCCCCCCCCCCCCOC[C@@H]1CO[C@@H](COC(=O)N(Cc2ccccn2)C(C)=O)C1. The summed E-state index contributed by atoms with van der Waals surface area (Å²) >= 11 is 0. The number of carbonyl (C=O) groups is 2. The first kappa shape index (κ1) is 32.2. The quantitative estimate of drug-likeness (QED) is 0.153. The third kappa shape index (κ3) is 14.8. The van der Waals surface area contributed by atoms with E-state index in [4.69, 9.17) is 14.2 Å². The molecule has 1 aliphatic heterocycles. The van der Waals surface area contributed by atoms with Crippen LogP contribution in [0.2, 0.25) is 0 Å². The zero-order valence-corrected chi connectivity index (χ0v) is 24.0. The Kier molecular flexibility index (Phi) is 17.7. The fourth-order valence-corrected chi connectivity index (χ4v) is 4.86. The van der Waals surface area contributed by atoms with E-state index >= 15 is 0 Å². The van der Waals surface area contributed by atoms with Gasteiger partial charge in [-0.05, 0) is 25.0 Å². The van der Waals surface area contributed by atoms with Crippen LogP contribution < -0.4 is 0 Å². The Morgan fingerprint density at radius 1 is 0.921 bits per heavy atom. The van der Waals surface area contributed by atoms with E-state index in [0.717, 1.165) is 24.3 Å². The number of amides is 2. The van der Waals surface area contributed by atoms with Crippen molar-refractivity contribution in [1.82, 2.24) is 9.88 Å². The summed E-state index contributed by atoms with van der Waals surface area (Å²) < 4.78 is 17.0. The number of pyridine rings is 1. The van der Waals surface area contributed by atoms with E-state index in [1.807, 2.05) is 6.07 Å². The van der Waals surface area contributed by atoms with Crippen LogP contribution in [-0.4, -0.2) is 54.4 Å². The predicted molar refractivity (Wildman–Crippen MR) is 151 cm³/mol. The molecule has 0 saturated carbocycles. The molecule has 7 nitrogen and oxygen atoms in total. The molecule has 1 aliphatic rings. The van der Waals surface area contributed by atoms with Crippen LogP contribution in [0, 0.1) is 5.92 Å². The second kappa shape index (κ2) is 20.9. The van der Waals surface area contributed by atoms with Gasteiger partial charge in [-0.25, -0.2) is 9.69 Å². The van der Waals surface area contributed by atoms with Crippen LogP contribution >= 0.6 is 0 Å². The highest BCUT2D eigenvalue weighted by Crippen LogP contribution is 2.21. The number of aromatic nitrogens is 1. The molecule has 2 heterocycles. The number of carbonyl (C=O) groups excluding carboxylic acids is 2. The lowest BCUT2D eigenvalue weighted by Gasteiger charge is -2.19. The maximum atomic E-state index is 12.4. The van der Waals surface area contributed by atoms with Gasteiger partial charge >= 0.3 is 6.09 Å². The van der Waals surface area contributed by atoms with Gasteiger partial charge in [0.25, 0.3) is 0 Å². The van der Waals surface area contributed by atoms with Crippen molar-refractivity contribution in [1.29, 1.82) is 0 Å². The molecule has 0 bridgehead atoms. The molecule has 216 valence electrons. The summed E-state index contributed by atoms with van der Waals surface area (Å²) in [5, 5.41) is 0. The predicted octanol–water partition coefficient (Wildman–Crippen LogP) is 7.47. The van der Waals surface area contributed by atoms with Gasteiger partial charge in [-0.3, -0.25) is 9.78 Å². The second-order valence-electron chi connectivity index (χ2n) is 10.7. The first-order valence-electron chi connectivity index (χ1n) is 15.1. The highest BCUT2D eigenvalue weighted by atomic mass is 16.6. The van der Waals surface area contributed by atoms with Crippen molar-refractivity contribution < 1.29 is 23.8 Å². The van der Waals surface area contributed by atoms with Crippen molar-refractivity contribution in [3.05, 3.63) is 30.1 Å². The lowest BCUT2D eigenvalue weighted by molar-refractivity contribution is -0.128. The van der Waals surface area contributed by atoms with E-state index in [0.29, 0.717) is 24.8 Å². The average molecular weight is 533 g/mol. The summed E-state index contributed by atoms with van der Waals surface area (Å²) in [6, 6.07) is 5.38. The largest absolute Gasteiger partial charge is 0.446 e. The Bertz CT molecular complexity index is 745. The Labute approximate surface area is 231 Å². The molecule has 1 aromatic heterocycles. The molecule has 1 saturated heterocycles. The monoisotopic (exact) mass is 532 g/mol. The van der Waals surface area contributed by atoms with Crippen LogP contribution in [-0.2, 0) is 25.5 Å². The highest BCUT2D eigenvalue weighted by molar-refractivity contribution is 5.90. The van der Waals surface area contributed by atoms with Gasteiger partial charge in [-0.2, -0.15) is 0 Å². The summed E-state index contributed by atoms with van der Waals surface area (Å²) in [5.74, 6) is -0.0504. The Morgan fingerprint density at radius 3 is 2.13 bits per heavy atom. The van der Waals surface area contributed by atoms with Gasteiger partial charge in [0.2, 0.25) is 5.91 Å².